The van der Waals surface area contributed by atoms with Gasteiger partial charge in [0, 0.05) is 6.04 Å². The van der Waals surface area contributed by atoms with Gasteiger partial charge in [-0.2, -0.15) is 0 Å². The number of hydrogen-bond donors (Lipinski definition) is 1. The molecule has 2 saturated carbocycles. The summed E-state index contributed by atoms with van der Waals surface area (Å²) in [6, 6.07) is 0.852. The van der Waals surface area contributed by atoms with E-state index in [0.717, 1.165) is 23.8 Å². The summed E-state index contributed by atoms with van der Waals surface area (Å²) < 4.78 is 0. The second-order valence-corrected chi connectivity index (χ2v) is 6.71. The van der Waals surface area contributed by atoms with Gasteiger partial charge in [0.25, 0.3) is 0 Å². The molecule has 0 aliphatic heterocycles. The topological polar surface area (TPSA) is 12.0 Å². The quantitative estimate of drug-likeness (QED) is 0.717. The van der Waals surface area contributed by atoms with Gasteiger partial charge in [0.15, 0.2) is 0 Å². The van der Waals surface area contributed by atoms with Crippen LogP contribution in [0, 0.1) is 17.8 Å². The molecule has 0 spiro atoms. The van der Waals surface area contributed by atoms with Crippen molar-refractivity contribution in [2.75, 3.05) is 6.54 Å². The zero-order valence-electron chi connectivity index (χ0n) is 12.6. The Bertz CT molecular complexity index is 212. The van der Waals surface area contributed by atoms with Crippen LogP contribution in [0.2, 0.25) is 0 Å². The molecular formula is C17H33N. The van der Waals surface area contributed by atoms with Gasteiger partial charge in [-0.15, -0.1) is 0 Å². The number of nitrogens with one attached hydrogen (secondary N) is 1. The van der Waals surface area contributed by atoms with Gasteiger partial charge in [0.05, 0.1) is 0 Å². The van der Waals surface area contributed by atoms with Crippen molar-refractivity contribution in [2.24, 2.45) is 17.8 Å². The van der Waals surface area contributed by atoms with Crippen molar-refractivity contribution in [3.05, 3.63) is 0 Å². The summed E-state index contributed by atoms with van der Waals surface area (Å²) in [7, 11) is 0. The van der Waals surface area contributed by atoms with Crippen LogP contribution in [0.25, 0.3) is 0 Å². The molecule has 2 fully saturated rings. The lowest BCUT2D eigenvalue weighted by Crippen LogP contribution is -2.43. The van der Waals surface area contributed by atoms with E-state index in [1.165, 1.54) is 70.8 Å². The van der Waals surface area contributed by atoms with Crippen molar-refractivity contribution in [2.45, 2.75) is 84.1 Å². The molecule has 2 aliphatic rings. The molecule has 1 heteroatoms. The van der Waals surface area contributed by atoms with Crippen molar-refractivity contribution in [3.8, 4) is 0 Å². The molecule has 106 valence electrons. The predicted octanol–water partition coefficient (Wildman–Crippen LogP) is 4.76. The molecule has 0 bridgehead atoms. The lowest BCUT2D eigenvalue weighted by atomic mass is 9.74. The Morgan fingerprint density at radius 2 is 1.50 bits per heavy atom. The average molecular weight is 251 g/mol. The highest BCUT2D eigenvalue weighted by molar-refractivity contribution is 4.88. The van der Waals surface area contributed by atoms with Gasteiger partial charge in [-0.3, -0.25) is 0 Å². The molecule has 1 N–H and O–H groups in total. The Morgan fingerprint density at radius 1 is 0.889 bits per heavy atom. The molecule has 0 radical (unpaired) electrons. The van der Waals surface area contributed by atoms with Crippen molar-refractivity contribution in [3.63, 3.8) is 0 Å². The summed E-state index contributed by atoms with van der Waals surface area (Å²) in [5.41, 5.74) is 0. The number of hydrogen-bond acceptors (Lipinski definition) is 1. The molecular weight excluding hydrogens is 218 g/mol. The summed E-state index contributed by atoms with van der Waals surface area (Å²) >= 11 is 0. The lowest BCUT2D eigenvalue weighted by molar-refractivity contribution is 0.176. The fourth-order valence-electron chi connectivity index (χ4n) is 4.30. The summed E-state index contributed by atoms with van der Waals surface area (Å²) in [5.74, 6) is 3.03. The third-order valence-corrected chi connectivity index (χ3v) is 5.51. The lowest BCUT2D eigenvalue weighted by Gasteiger charge is -2.37. The SMILES string of the molecule is CCCNC(C1CCCC1)C1CCC(CC)CC1. The molecule has 1 atom stereocenters. The summed E-state index contributed by atoms with van der Waals surface area (Å²) in [6.45, 7) is 5.90. The molecule has 0 saturated heterocycles. The van der Waals surface area contributed by atoms with E-state index in [4.69, 9.17) is 0 Å². The second kappa shape index (κ2) is 7.53. The zero-order valence-corrected chi connectivity index (χ0v) is 12.6. The molecule has 0 amide bonds. The Labute approximate surface area is 114 Å². The maximum atomic E-state index is 3.91. The Kier molecular flexibility index (Phi) is 6.01. The average Bonchev–Trinajstić information content (AvgIpc) is 2.94. The molecule has 0 aromatic carbocycles. The van der Waals surface area contributed by atoms with Crippen LogP contribution < -0.4 is 5.32 Å². The van der Waals surface area contributed by atoms with E-state index >= 15 is 0 Å². The van der Waals surface area contributed by atoms with Crippen LogP contribution >= 0.6 is 0 Å². The minimum absolute atomic E-state index is 0.852. The highest BCUT2D eigenvalue weighted by Crippen LogP contribution is 2.38. The van der Waals surface area contributed by atoms with Crippen LogP contribution in [-0.2, 0) is 0 Å². The van der Waals surface area contributed by atoms with E-state index in [1.54, 1.807) is 0 Å². The van der Waals surface area contributed by atoms with E-state index in [9.17, 15) is 0 Å². The first-order chi connectivity index (χ1) is 8.85. The smallest absolute Gasteiger partial charge is 0.0124 e. The minimum atomic E-state index is 0.852. The zero-order chi connectivity index (χ0) is 12.8. The monoisotopic (exact) mass is 251 g/mol. The first kappa shape index (κ1) is 14.4. The van der Waals surface area contributed by atoms with Crippen LogP contribution in [0.4, 0.5) is 0 Å². The third kappa shape index (κ3) is 3.73. The van der Waals surface area contributed by atoms with Gasteiger partial charge in [0.1, 0.15) is 0 Å². The van der Waals surface area contributed by atoms with E-state index in [-0.39, 0.29) is 0 Å². The van der Waals surface area contributed by atoms with Gasteiger partial charge in [0.2, 0.25) is 0 Å². The minimum Gasteiger partial charge on any atom is -0.313 e. The van der Waals surface area contributed by atoms with E-state index in [0.29, 0.717) is 0 Å². The van der Waals surface area contributed by atoms with Crippen molar-refractivity contribution in [1.82, 2.24) is 5.32 Å². The van der Waals surface area contributed by atoms with E-state index < -0.39 is 0 Å². The van der Waals surface area contributed by atoms with Crippen LogP contribution in [-0.4, -0.2) is 12.6 Å². The van der Waals surface area contributed by atoms with Crippen molar-refractivity contribution in [1.29, 1.82) is 0 Å². The van der Waals surface area contributed by atoms with Crippen LogP contribution in [0.3, 0.4) is 0 Å². The van der Waals surface area contributed by atoms with E-state index in [2.05, 4.69) is 19.2 Å². The maximum Gasteiger partial charge on any atom is 0.0124 e. The fraction of sp³-hybridized carbons (Fsp3) is 1.00. The largest absolute Gasteiger partial charge is 0.313 e. The third-order valence-electron chi connectivity index (χ3n) is 5.51. The molecule has 0 aromatic rings. The first-order valence-corrected chi connectivity index (χ1v) is 8.58. The van der Waals surface area contributed by atoms with Gasteiger partial charge in [-0.05, 0) is 56.4 Å². The number of rotatable bonds is 6. The molecule has 1 nitrogen and oxygen atoms in total. The highest BCUT2D eigenvalue weighted by Gasteiger charge is 2.33. The molecule has 2 rings (SSSR count). The first-order valence-electron chi connectivity index (χ1n) is 8.58. The summed E-state index contributed by atoms with van der Waals surface area (Å²) in [6.07, 6.45) is 14.6. The highest BCUT2D eigenvalue weighted by atomic mass is 14.9. The van der Waals surface area contributed by atoms with Crippen molar-refractivity contribution < 1.29 is 0 Å². The van der Waals surface area contributed by atoms with Crippen LogP contribution in [0.1, 0.15) is 78.1 Å². The Balaban J connectivity index is 1.87. The normalized spacial score (nSPS) is 31.7. The second-order valence-electron chi connectivity index (χ2n) is 6.71. The maximum absolute atomic E-state index is 3.91. The van der Waals surface area contributed by atoms with Crippen molar-refractivity contribution >= 4 is 0 Å². The summed E-state index contributed by atoms with van der Waals surface area (Å²) in [5, 5.41) is 3.91. The van der Waals surface area contributed by atoms with Gasteiger partial charge < -0.3 is 5.32 Å². The fourth-order valence-corrected chi connectivity index (χ4v) is 4.30. The predicted molar refractivity (Wildman–Crippen MR) is 79.8 cm³/mol. The van der Waals surface area contributed by atoms with Crippen LogP contribution in [0.5, 0.6) is 0 Å². The van der Waals surface area contributed by atoms with Gasteiger partial charge >= 0.3 is 0 Å². The van der Waals surface area contributed by atoms with Crippen LogP contribution in [0.15, 0.2) is 0 Å². The molecule has 2 aliphatic carbocycles. The summed E-state index contributed by atoms with van der Waals surface area (Å²) in [4.78, 5) is 0. The molecule has 1 unspecified atom stereocenters. The van der Waals surface area contributed by atoms with Gasteiger partial charge in [-0.25, -0.2) is 0 Å². The molecule has 18 heavy (non-hydrogen) atoms. The van der Waals surface area contributed by atoms with E-state index in [1.807, 2.05) is 0 Å². The Morgan fingerprint density at radius 3 is 2.06 bits per heavy atom. The van der Waals surface area contributed by atoms with Gasteiger partial charge in [-0.1, -0.05) is 46.0 Å². The standard InChI is InChI=1S/C17H33N/c1-3-13-18-17(15-7-5-6-8-15)16-11-9-14(4-2)10-12-16/h14-18H,3-13H2,1-2H3. The molecule has 0 aromatic heterocycles. The molecule has 0 heterocycles. The Hall–Kier alpha value is -0.0400.